The SMILES string of the molecule is C=CCN1C[C@@]2(C)C(=O)[C@H](C)C[C@](C)(OCC#Cc3ccc(-c4ncccn4)s3)[C@H](O[C@@H]3O[C@H](C)C[C@H](N(C)C)[C@H]3O)[C@@H](C)C(=O)[C@@](C)(F)C(=O)O[C@H](CC)[C@@]3(C)OC(=O)[C@H]1[C@@H]32. The first kappa shape index (κ1) is 47.5. The van der Waals surface area contributed by atoms with Gasteiger partial charge in [-0.3, -0.25) is 19.3 Å². The second kappa shape index (κ2) is 18.3. The lowest BCUT2D eigenvalue weighted by Gasteiger charge is -2.48. The van der Waals surface area contributed by atoms with Gasteiger partial charge >= 0.3 is 11.9 Å². The van der Waals surface area contributed by atoms with Crippen LogP contribution in [0.15, 0.2) is 43.2 Å². The fraction of sp³-hybridized carbons (Fsp3) is 0.652. The second-order valence-electron chi connectivity index (χ2n) is 18.4. The molecule has 338 valence electrons. The largest absolute Gasteiger partial charge is 0.455 e. The Labute approximate surface area is 367 Å². The number of ketones is 2. The van der Waals surface area contributed by atoms with Crippen LogP contribution in [0.5, 0.6) is 0 Å². The maximum absolute atomic E-state index is 17.2. The van der Waals surface area contributed by atoms with Gasteiger partial charge in [0.1, 0.15) is 30.6 Å². The zero-order valence-corrected chi connectivity index (χ0v) is 38.2. The number of likely N-dealkylation sites (tertiary alicyclic amines) is 1. The van der Waals surface area contributed by atoms with E-state index in [9.17, 15) is 19.5 Å². The van der Waals surface area contributed by atoms with Crippen LogP contribution in [0, 0.1) is 35.0 Å². The average molecular weight is 881 g/mol. The molecule has 4 aliphatic heterocycles. The van der Waals surface area contributed by atoms with Gasteiger partial charge in [-0.15, -0.1) is 17.9 Å². The zero-order valence-electron chi connectivity index (χ0n) is 37.4. The molecular formula is C46H61FN4O10S. The molecule has 1 N–H and O–H groups in total. The van der Waals surface area contributed by atoms with Crippen LogP contribution in [0.2, 0.25) is 0 Å². The lowest BCUT2D eigenvalue weighted by Crippen LogP contribution is -2.61. The van der Waals surface area contributed by atoms with Gasteiger partial charge in [0.2, 0.25) is 0 Å². The van der Waals surface area contributed by atoms with Crippen molar-refractivity contribution in [1.29, 1.82) is 0 Å². The Balaban J connectivity index is 1.46. The highest BCUT2D eigenvalue weighted by Crippen LogP contribution is 2.56. The lowest BCUT2D eigenvalue weighted by atomic mass is 9.62. The van der Waals surface area contributed by atoms with Gasteiger partial charge in [0.25, 0.3) is 5.67 Å². The number of nitrogens with zero attached hydrogens (tertiary/aromatic N) is 4. The maximum Gasteiger partial charge on any atom is 0.351 e. The van der Waals surface area contributed by atoms with Crippen LogP contribution in [-0.2, 0) is 42.9 Å². The lowest BCUT2D eigenvalue weighted by molar-refractivity contribution is -0.296. The van der Waals surface area contributed by atoms with E-state index in [1.54, 1.807) is 59.2 Å². The van der Waals surface area contributed by atoms with Crippen molar-refractivity contribution in [2.75, 3.05) is 33.8 Å². The fourth-order valence-corrected chi connectivity index (χ4v) is 11.3. The molecule has 4 fully saturated rings. The summed E-state index contributed by atoms with van der Waals surface area (Å²) in [5.41, 5.74) is -7.67. The molecule has 0 aromatic carbocycles. The number of carbonyl (C=O) groups excluding carboxylic acids is 4. The molecule has 0 amide bonds. The standard InChI is InChI=1S/C46H61FN4O10S/c1-12-21-51-25-43(6)35-33(51)40(55)61-46(35,9)32(13-2)59-42(56)45(8,47)37(54)28(5)38(60-41-34(52)30(50(10)11)23-27(4)58-41)44(7,24-26(3)36(43)53)57-22-14-16-29-17-18-31(62-29)39-48-19-15-20-49-39/h12,15,17-20,26-28,30,32-35,38,41,52H,1,13,21-25H2,2-11H3/t26-,27-,28+,30+,32-,33-,34-,35-,38-,41+,43-,44+,45-,46-/m1/s1. The summed E-state index contributed by atoms with van der Waals surface area (Å²) < 4.78 is 48.7. The normalized spacial score (nSPS) is 39.4. The first-order chi connectivity index (χ1) is 29.1. The second-order valence-corrected chi connectivity index (χ2v) is 19.4. The minimum atomic E-state index is -3.22. The van der Waals surface area contributed by atoms with Gasteiger partial charge in [0.15, 0.2) is 23.5 Å². The Hall–Kier alpha value is -3.95. The summed E-state index contributed by atoms with van der Waals surface area (Å²) in [6, 6.07) is 4.13. The van der Waals surface area contributed by atoms with E-state index in [1.807, 2.05) is 43.0 Å². The van der Waals surface area contributed by atoms with Crippen molar-refractivity contribution >= 4 is 34.8 Å². The van der Waals surface area contributed by atoms with Crippen molar-refractivity contribution < 1.29 is 52.4 Å². The Bertz CT molecular complexity index is 2070. The molecule has 2 aromatic heterocycles. The third-order valence-corrected chi connectivity index (χ3v) is 14.4. The Morgan fingerprint density at radius 1 is 1.10 bits per heavy atom. The quantitative estimate of drug-likeness (QED) is 0.158. The topological polar surface area (TPSA) is 167 Å². The number of carbonyl (C=O) groups is 4. The summed E-state index contributed by atoms with van der Waals surface area (Å²) in [4.78, 5) is 71.7. The Kier molecular flexibility index (Phi) is 14.0. The molecule has 6 rings (SSSR count). The number of Topliss-reactive ketones (excluding diaryl/α,β-unsaturated/α-hetero) is 2. The van der Waals surface area contributed by atoms with Crippen molar-refractivity contribution in [3.8, 4) is 22.5 Å². The Morgan fingerprint density at radius 3 is 2.44 bits per heavy atom. The van der Waals surface area contributed by atoms with Crippen molar-refractivity contribution in [2.24, 2.45) is 23.2 Å². The van der Waals surface area contributed by atoms with E-state index in [4.69, 9.17) is 23.7 Å². The van der Waals surface area contributed by atoms with E-state index in [2.05, 4.69) is 28.4 Å². The smallest absolute Gasteiger partial charge is 0.351 e. The highest BCUT2D eigenvalue weighted by molar-refractivity contribution is 7.15. The number of aromatic nitrogens is 2. The molecule has 4 saturated heterocycles. The molecule has 2 aromatic rings. The van der Waals surface area contributed by atoms with Crippen molar-refractivity contribution in [2.45, 2.75) is 134 Å². The molecule has 14 nitrogen and oxygen atoms in total. The van der Waals surface area contributed by atoms with Gasteiger partial charge in [-0.25, -0.2) is 19.2 Å². The summed E-state index contributed by atoms with van der Waals surface area (Å²) in [6.07, 6.45) is -0.107. The number of hydrogen-bond donors (Lipinski definition) is 1. The predicted octanol–water partition coefficient (Wildman–Crippen LogP) is 4.82. The monoisotopic (exact) mass is 880 g/mol. The van der Waals surface area contributed by atoms with Gasteiger partial charge in [0, 0.05) is 54.7 Å². The van der Waals surface area contributed by atoms with Crippen LogP contribution < -0.4 is 0 Å². The number of thiophene rings is 1. The molecule has 0 saturated carbocycles. The number of rotatable bonds is 9. The van der Waals surface area contributed by atoms with E-state index in [0.29, 0.717) is 17.1 Å². The summed E-state index contributed by atoms with van der Waals surface area (Å²) in [7, 11) is 3.64. The molecule has 0 spiro atoms. The molecular weight excluding hydrogens is 820 g/mol. The van der Waals surface area contributed by atoms with E-state index >= 15 is 9.18 Å². The van der Waals surface area contributed by atoms with Crippen molar-refractivity contribution in [3.05, 3.63) is 48.1 Å². The minimum absolute atomic E-state index is 0.0790. The maximum atomic E-state index is 17.2. The molecule has 0 radical (unpaired) electrons. The molecule has 0 aliphatic carbocycles. The van der Waals surface area contributed by atoms with E-state index in [1.165, 1.54) is 18.3 Å². The van der Waals surface area contributed by atoms with Crippen LogP contribution in [0.25, 0.3) is 10.7 Å². The van der Waals surface area contributed by atoms with Crippen LogP contribution in [0.4, 0.5) is 4.39 Å². The van der Waals surface area contributed by atoms with E-state index < -0.39 is 94.4 Å². The fourth-order valence-electron chi connectivity index (χ4n) is 10.5. The first-order valence-corrected chi connectivity index (χ1v) is 22.2. The summed E-state index contributed by atoms with van der Waals surface area (Å²) in [5, 5.41) is 11.7. The number of esters is 2. The molecule has 0 bridgehead atoms. The minimum Gasteiger partial charge on any atom is -0.455 e. The molecule has 6 heterocycles. The number of hydrogen-bond acceptors (Lipinski definition) is 15. The molecule has 4 aliphatic rings. The summed E-state index contributed by atoms with van der Waals surface area (Å²) in [5.74, 6) is 0.149. The number of alkyl halides is 1. The van der Waals surface area contributed by atoms with Gasteiger partial charge in [-0.2, -0.15) is 0 Å². The highest BCUT2D eigenvalue weighted by atomic mass is 32.1. The van der Waals surface area contributed by atoms with Gasteiger partial charge in [-0.1, -0.05) is 45.6 Å². The Morgan fingerprint density at radius 2 is 1.79 bits per heavy atom. The number of halogens is 1. The average Bonchev–Trinajstić information content (AvgIpc) is 3.91. The van der Waals surface area contributed by atoms with Crippen LogP contribution in [0.1, 0.15) is 79.5 Å². The number of cyclic esters (lactones) is 1. The molecule has 62 heavy (non-hydrogen) atoms. The van der Waals surface area contributed by atoms with Crippen LogP contribution in [-0.4, -0.2) is 142 Å². The van der Waals surface area contributed by atoms with Gasteiger partial charge in [-0.05, 0) is 79.3 Å². The number of likely N-dealkylation sites (N-methyl/N-ethyl adjacent to an activating group) is 1. The summed E-state index contributed by atoms with van der Waals surface area (Å²) in [6.45, 7) is 16.7. The zero-order chi connectivity index (χ0) is 45.5. The molecule has 14 atom stereocenters. The first-order valence-electron chi connectivity index (χ1n) is 21.3. The number of aliphatic hydroxyl groups excluding tert-OH is 1. The van der Waals surface area contributed by atoms with Gasteiger partial charge in [0.05, 0.1) is 27.6 Å². The molecule has 16 heteroatoms. The van der Waals surface area contributed by atoms with E-state index in [0.717, 1.165) is 11.8 Å². The predicted molar refractivity (Wildman–Crippen MR) is 228 cm³/mol. The molecule has 0 unspecified atom stereocenters. The highest BCUT2D eigenvalue weighted by Gasteiger charge is 2.71. The number of ether oxygens (including phenoxy) is 5. The van der Waals surface area contributed by atoms with Gasteiger partial charge < -0.3 is 33.7 Å². The third-order valence-electron chi connectivity index (χ3n) is 13.4. The number of aliphatic hydroxyl groups is 1. The van der Waals surface area contributed by atoms with Crippen molar-refractivity contribution in [3.63, 3.8) is 0 Å². The third kappa shape index (κ3) is 8.79. The van der Waals surface area contributed by atoms with Crippen LogP contribution >= 0.6 is 11.3 Å². The van der Waals surface area contributed by atoms with E-state index in [-0.39, 0.29) is 44.4 Å². The van der Waals surface area contributed by atoms with Crippen LogP contribution in [0.3, 0.4) is 0 Å². The summed E-state index contributed by atoms with van der Waals surface area (Å²) >= 11 is 1.39. The van der Waals surface area contributed by atoms with Crippen molar-refractivity contribution in [1.82, 2.24) is 19.8 Å².